The van der Waals surface area contributed by atoms with E-state index in [0.717, 1.165) is 14.9 Å². The second-order valence-corrected chi connectivity index (χ2v) is 7.26. The lowest BCUT2D eigenvalue weighted by molar-refractivity contribution is 0.0989. The first kappa shape index (κ1) is 14.9. The highest BCUT2D eigenvalue weighted by Crippen LogP contribution is 2.38. The molecule has 0 unspecified atom stereocenters. The predicted octanol–water partition coefficient (Wildman–Crippen LogP) is 4.56. The van der Waals surface area contributed by atoms with E-state index in [9.17, 15) is 4.79 Å². The average molecular weight is 326 g/mol. The van der Waals surface area contributed by atoms with Crippen LogP contribution in [0.25, 0.3) is 0 Å². The fourth-order valence-corrected chi connectivity index (χ4v) is 4.17. The SMILES string of the molecule is Cc1nnc(S[C@H](C(=O)c2ccccc2)c2ccccc2)s1. The third-order valence-corrected chi connectivity index (χ3v) is 5.30. The number of rotatable bonds is 5. The summed E-state index contributed by atoms with van der Waals surface area (Å²) in [6, 6.07) is 19.2. The minimum absolute atomic E-state index is 0.0876. The molecule has 1 atom stereocenters. The van der Waals surface area contributed by atoms with Crippen molar-refractivity contribution in [3.8, 4) is 0 Å². The molecular weight excluding hydrogens is 312 g/mol. The molecular formula is C17H14N2OS2. The molecule has 0 amide bonds. The number of benzene rings is 2. The van der Waals surface area contributed by atoms with Gasteiger partial charge >= 0.3 is 0 Å². The van der Waals surface area contributed by atoms with Crippen molar-refractivity contribution in [3.05, 3.63) is 76.8 Å². The van der Waals surface area contributed by atoms with Gasteiger partial charge in [-0.1, -0.05) is 83.8 Å². The Labute approximate surface area is 137 Å². The van der Waals surface area contributed by atoms with Gasteiger partial charge in [-0.25, -0.2) is 0 Å². The molecule has 2 aromatic carbocycles. The summed E-state index contributed by atoms with van der Waals surface area (Å²) in [5.74, 6) is 0.0876. The highest BCUT2D eigenvalue weighted by atomic mass is 32.2. The minimum atomic E-state index is -0.309. The Morgan fingerprint density at radius 2 is 1.64 bits per heavy atom. The van der Waals surface area contributed by atoms with E-state index < -0.39 is 0 Å². The third kappa shape index (κ3) is 3.43. The highest BCUT2D eigenvalue weighted by molar-refractivity contribution is 8.01. The minimum Gasteiger partial charge on any atom is -0.293 e. The summed E-state index contributed by atoms with van der Waals surface area (Å²) < 4.78 is 0.815. The molecule has 0 saturated heterocycles. The summed E-state index contributed by atoms with van der Waals surface area (Å²) >= 11 is 2.97. The van der Waals surface area contributed by atoms with Crippen LogP contribution in [0.4, 0.5) is 0 Å². The number of carbonyl (C=O) groups is 1. The van der Waals surface area contributed by atoms with Gasteiger partial charge < -0.3 is 0 Å². The second-order valence-electron chi connectivity index (χ2n) is 4.73. The van der Waals surface area contributed by atoms with Crippen LogP contribution in [0.1, 0.15) is 26.2 Å². The summed E-state index contributed by atoms with van der Waals surface area (Å²) in [6.07, 6.45) is 0. The number of hydrogen-bond donors (Lipinski definition) is 0. The Balaban J connectivity index is 1.94. The van der Waals surface area contributed by atoms with Crippen LogP contribution in [0.3, 0.4) is 0 Å². The second kappa shape index (κ2) is 6.85. The van der Waals surface area contributed by atoms with Crippen LogP contribution in [-0.2, 0) is 0 Å². The zero-order chi connectivity index (χ0) is 15.4. The van der Waals surface area contributed by atoms with Gasteiger partial charge in [0.2, 0.25) is 0 Å². The maximum atomic E-state index is 12.9. The van der Waals surface area contributed by atoms with Crippen LogP contribution < -0.4 is 0 Å². The quantitative estimate of drug-likeness (QED) is 0.509. The van der Waals surface area contributed by atoms with Gasteiger partial charge in [-0.15, -0.1) is 10.2 Å². The summed E-state index contributed by atoms with van der Waals surface area (Å²) in [6.45, 7) is 1.91. The van der Waals surface area contributed by atoms with Crippen LogP contribution in [-0.4, -0.2) is 16.0 Å². The molecule has 1 heterocycles. The van der Waals surface area contributed by atoms with Gasteiger partial charge in [0.25, 0.3) is 0 Å². The molecule has 3 rings (SSSR count). The fraction of sp³-hybridized carbons (Fsp3) is 0.118. The Morgan fingerprint density at radius 1 is 1.00 bits per heavy atom. The molecule has 0 spiro atoms. The number of nitrogens with zero attached hydrogens (tertiary/aromatic N) is 2. The van der Waals surface area contributed by atoms with Gasteiger partial charge in [-0.3, -0.25) is 4.79 Å². The van der Waals surface area contributed by atoms with Crippen molar-refractivity contribution in [1.29, 1.82) is 0 Å². The first-order valence-corrected chi connectivity index (χ1v) is 8.54. The molecule has 5 heteroatoms. The van der Waals surface area contributed by atoms with E-state index in [0.29, 0.717) is 5.56 Å². The third-order valence-electron chi connectivity index (χ3n) is 3.12. The molecule has 0 radical (unpaired) electrons. The molecule has 3 nitrogen and oxygen atoms in total. The largest absolute Gasteiger partial charge is 0.293 e. The van der Waals surface area contributed by atoms with Gasteiger partial charge in [0.15, 0.2) is 10.1 Å². The number of ketones is 1. The number of carbonyl (C=O) groups excluding carboxylic acids is 1. The smallest absolute Gasteiger partial charge is 0.180 e. The molecule has 0 bridgehead atoms. The van der Waals surface area contributed by atoms with Crippen molar-refractivity contribution < 1.29 is 4.79 Å². The molecule has 0 aliphatic carbocycles. The van der Waals surface area contributed by atoms with Crippen molar-refractivity contribution in [2.45, 2.75) is 16.5 Å². The van der Waals surface area contributed by atoms with Gasteiger partial charge in [0.05, 0.1) is 5.25 Å². The van der Waals surface area contributed by atoms with E-state index in [2.05, 4.69) is 10.2 Å². The van der Waals surface area contributed by atoms with Gasteiger partial charge in [-0.2, -0.15) is 0 Å². The van der Waals surface area contributed by atoms with E-state index in [1.807, 2.05) is 67.6 Å². The van der Waals surface area contributed by atoms with Crippen molar-refractivity contribution in [2.75, 3.05) is 0 Å². The number of aryl methyl sites for hydroxylation is 1. The Hall–Kier alpha value is -1.98. The molecule has 22 heavy (non-hydrogen) atoms. The lowest BCUT2D eigenvalue weighted by Gasteiger charge is -2.14. The normalized spacial score (nSPS) is 12.0. The molecule has 0 N–H and O–H groups in total. The van der Waals surface area contributed by atoms with Crippen molar-refractivity contribution >= 4 is 28.9 Å². The predicted molar refractivity (Wildman–Crippen MR) is 90.5 cm³/mol. The number of hydrogen-bond acceptors (Lipinski definition) is 5. The Kier molecular flexibility index (Phi) is 4.65. The molecule has 110 valence electrons. The number of Topliss-reactive ketones (excluding diaryl/α,β-unsaturated/α-hetero) is 1. The topological polar surface area (TPSA) is 42.9 Å². The Morgan fingerprint density at radius 3 is 2.23 bits per heavy atom. The van der Waals surface area contributed by atoms with Gasteiger partial charge in [0, 0.05) is 5.56 Å². The highest BCUT2D eigenvalue weighted by Gasteiger charge is 2.24. The van der Waals surface area contributed by atoms with Crippen molar-refractivity contribution in [1.82, 2.24) is 10.2 Å². The first-order chi connectivity index (χ1) is 10.7. The van der Waals surface area contributed by atoms with Crippen LogP contribution in [0.15, 0.2) is 65.0 Å². The Bertz CT molecular complexity index is 757. The lowest BCUT2D eigenvalue weighted by Crippen LogP contribution is -2.09. The maximum Gasteiger partial charge on any atom is 0.180 e. The summed E-state index contributed by atoms with van der Waals surface area (Å²) in [5, 5.41) is 8.76. The summed E-state index contributed by atoms with van der Waals surface area (Å²) in [5.41, 5.74) is 1.69. The zero-order valence-electron chi connectivity index (χ0n) is 12.0. The molecule has 3 aromatic rings. The van der Waals surface area contributed by atoms with Crippen molar-refractivity contribution in [2.24, 2.45) is 0 Å². The van der Waals surface area contributed by atoms with Crippen LogP contribution in [0, 0.1) is 6.92 Å². The lowest BCUT2D eigenvalue weighted by atomic mass is 10.0. The maximum absolute atomic E-state index is 12.9. The van der Waals surface area contributed by atoms with Crippen LogP contribution >= 0.6 is 23.1 Å². The van der Waals surface area contributed by atoms with Gasteiger partial charge in [-0.05, 0) is 12.5 Å². The van der Waals surface area contributed by atoms with E-state index in [1.165, 1.54) is 23.1 Å². The standard InChI is InChI=1S/C17H14N2OS2/c1-12-18-19-17(21-12)22-16(14-10-6-3-7-11-14)15(20)13-8-4-2-5-9-13/h2-11,16H,1H3/t16-/m0/s1. The average Bonchev–Trinajstić information content (AvgIpc) is 2.99. The summed E-state index contributed by atoms with van der Waals surface area (Å²) in [7, 11) is 0. The molecule has 1 aromatic heterocycles. The van der Waals surface area contributed by atoms with Crippen LogP contribution in [0.5, 0.6) is 0 Å². The summed E-state index contributed by atoms with van der Waals surface area (Å²) in [4.78, 5) is 12.9. The van der Waals surface area contributed by atoms with E-state index in [4.69, 9.17) is 0 Å². The number of aromatic nitrogens is 2. The molecule has 0 saturated carbocycles. The zero-order valence-corrected chi connectivity index (χ0v) is 13.6. The first-order valence-electron chi connectivity index (χ1n) is 6.85. The van der Waals surface area contributed by atoms with Gasteiger partial charge in [0.1, 0.15) is 5.01 Å². The molecule has 0 fully saturated rings. The monoisotopic (exact) mass is 326 g/mol. The van der Waals surface area contributed by atoms with Crippen molar-refractivity contribution in [3.63, 3.8) is 0 Å². The van der Waals surface area contributed by atoms with E-state index >= 15 is 0 Å². The molecule has 0 aliphatic heterocycles. The fourth-order valence-electron chi connectivity index (χ4n) is 2.08. The van der Waals surface area contributed by atoms with E-state index in [-0.39, 0.29) is 11.0 Å². The number of thioether (sulfide) groups is 1. The van der Waals surface area contributed by atoms with Crippen LogP contribution in [0.2, 0.25) is 0 Å². The molecule has 0 aliphatic rings. The van der Waals surface area contributed by atoms with E-state index in [1.54, 1.807) is 0 Å².